The van der Waals surface area contributed by atoms with E-state index in [-0.39, 0.29) is 5.84 Å². The summed E-state index contributed by atoms with van der Waals surface area (Å²) in [4.78, 5) is 13.9. The Labute approximate surface area is 182 Å². The predicted octanol–water partition coefficient (Wildman–Crippen LogP) is 4.68. The van der Waals surface area contributed by atoms with Crippen LogP contribution in [0.5, 0.6) is 0 Å². The number of thiophene rings is 1. The number of H-pyrrole nitrogens is 2. The largest absolute Gasteiger partial charge is 0.384 e. The van der Waals surface area contributed by atoms with Crippen LogP contribution in [0.4, 0.5) is 0 Å². The standard InChI is InChI=1S/C24H20N6S/c25-23(26)15-3-1-13-9-19(29-17(13)11-15)21-5-6-22(31-21)20-10-14-2-4-16(12-18(14)30-20)24-27-7-8-28-24/h1-6,9-12,29-30H,7-8H2,(H3,25,26)(H,27,28). The van der Waals surface area contributed by atoms with Crippen molar-refractivity contribution in [2.75, 3.05) is 13.1 Å². The predicted molar refractivity (Wildman–Crippen MR) is 129 cm³/mol. The number of nitrogen functional groups attached to an aromatic ring is 1. The van der Waals surface area contributed by atoms with Gasteiger partial charge in [-0.05, 0) is 36.4 Å². The van der Waals surface area contributed by atoms with Gasteiger partial charge >= 0.3 is 0 Å². The third-order valence-corrected chi connectivity index (χ3v) is 6.79. The van der Waals surface area contributed by atoms with E-state index in [4.69, 9.17) is 11.1 Å². The Kier molecular flexibility index (Phi) is 3.97. The van der Waals surface area contributed by atoms with Gasteiger partial charge in [0.1, 0.15) is 11.7 Å². The lowest BCUT2D eigenvalue weighted by molar-refractivity contribution is 0.960. The second-order valence-corrected chi connectivity index (χ2v) is 8.79. The summed E-state index contributed by atoms with van der Waals surface area (Å²) in [7, 11) is 0. The summed E-state index contributed by atoms with van der Waals surface area (Å²) in [5, 5.41) is 13.3. The van der Waals surface area contributed by atoms with E-state index >= 15 is 0 Å². The molecule has 5 aromatic rings. The van der Waals surface area contributed by atoms with Crippen LogP contribution in [-0.4, -0.2) is 34.7 Å². The summed E-state index contributed by atoms with van der Waals surface area (Å²) < 4.78 is 0. The maximum atomic E-state index is 7.64. The number of hydrogen-bond acceptors (Lipinski definition) is 4. The highest BCUT2D eigenvalue weighted by molar-refractivity contribution is 7.18. The number of hydrogen-bond donors (Lipinski definition) is 5. The van der Waals surface area contributed by atoms with Gasteiger partial charge in [0.15, 0.2) is 0 Å². The van der Waals surface area contributed by atoms with Crippen molar-refractivity contribution in [2.24, 2.45) is 10.7 Å². The lowest BCUT2D eigenvalue weighted by Gasteiger charge is -2.01. The Morgan fingerprint density at radius 3 is 2.19 bits per heavy atom. The van der Waals surface area contributed by atoms with Crippen molar-refractivity contribution in [2.45, 2.75) is 0 Å². The molecule has 152 valence electrons. The minimum absolute atomic E-state index is 0.0780. The fraction of sp³-hybridized carbons (Fsp3) is 0.0833. The number of aromatic nitrogens is 2. The van der Waals surface area contributed by atoms with Crippen LogP contribution >= 0.6 is 11.3 Å². The molecule has 0 bridgehead atoms. The molecular weight excluding hydrogens is 404 g/mol. The van der Waals surface area contributed by atoms with Crippen molar-refractivity contribution in [1.29, 1.82) is 5.41 Å². The average Bonchev–Trinajstić information content (AvgIpc) is 3.57. The van der Waals surface area contributed by atoms with Gasteiger partial charge in [0, 0.05) is 39.5 Å². The van der Waals surface area contributed by atoms with Crippen molar-refractivity contribution < 1.29 is 0 Å². The second-order valence-electron chi connectivity index (χ2n) is 7.70. The van der Waals surface area contributed by atoms with E-state index in [1.54, 1.807) is 11.3 Å². The topological polar surface area (TPSA) is 106 Å². The number of fused-ring (bicyclic) bond motifs is 2. The van der Waals surface area contributed by atoms with Crippen LogP contribution < -0.4 is 11.1 Å². The fourth-order valence-electron chi connectivity index (χ4n) is 4.05. The first-order valence-electron chi connectivity index (χ1n) is 10.1. The van der Waals surface area contributed by atoms with E-state index in [1.165, 1.54) is 15.1 Å². The Balaban J connectivity index is 1.34. The molecular formula is C24H20N6S. The molecule has 0 aliphatic carbocycles. The summed E-state index contributed by atoms with van der Waals surface area (Å²) in [5.41, 5.74) is 11.7. The molecule has 3 aromatic heterocycles. The molecule has 1 aliphatic rings. The lowest BCUT2D eigenvalue weighted by Crippen LogP contribution is -2.19. The van der Waals surface area contributed by atoms with Gasteiger partial charge in [-0.2, -0.15) is 0 Å². The number of aliphatic imine (C=N–C) groups is 1. The lowest BCUT2D eigenvalue weighted by atomic mass is 10.1. The third-order valence-electron chi connectivity index (χ3n) is 5.64. The molecule has 4 heterocycles. The minimum atomic E-state index is 0.0780. The molecule has 0 amide bonds. The molecule has 0 radical (unpaired) electrons. The molecule has 6 N–H and O–H groups in total. The number of rotatable bonds is 4. The summed E-state index contributed by atoms with van der Waals surface area (Å²) in [6.45, 7) is 1.75. The molecule has 0 spiro atoms. The van der Waals surface area contributed by atoms with Crippen molar-refractivity contribution in [3.8, 4) is 21.1 Å². The summed E-state index contributed by atoms with van der Waals surface area (Å²) in [6, 6.07) is 20.9. The van der Waals surface area contributed by atoms with E-state index in [0.29, 0.717) is 0 Å². The minimum Gasteiger partial charge on any atom is -0.384 e. The summed E-state index contributed by atoms with van der Waals surface area (Å²) in [6.07, 6.45) is 0. The summed E-state index contributed by atoms with van der Waals surface area (Å²) in [5.74, 6) is 1.05. The average molecular weight is 425 g/mol. The number of nitrogens with zero attached hydrogens (tertiary/aromatic N) is 1. The zero-order valence-electron chi connectivity index (χ0n) is 16.6. The SMILES string of the molecule is N=C(N)c1ccc2cc(-c3ccc(-c4cc5ccc(C6=NCCN6)cc5[nH]4)s3)[nH]c2c1. The van der Waals surface area contributed by atoms with Gasteiger partial charge in [-0.15, -0.1) is 11.3 Å². The normalized spacial score (nSPS) is 13.6. The molecule has 0 saturated heterocycles. The molecule has 0 atom stereocenters. The zero-order chi connectivity index (χ0) is 20.9. The van der Waals surface area contributed by atoms with Gasteiger partial charge in [-0.3, -0.25) is 10.4 Å². The third kappa shape index (κ3) is 3.10. The first-order valence-corrected chi connectivity index (χ1v) is 10.9. The number of aromatic amines is 2. The van der Waals surface area contributed by atoms with Crippen molar-refractivity contribution in [1.82, 2.24) is 15.3 Å². The number of nitrogens with two attached hydrogens (primary N) is 1. The number of amidine groups is 2. The molecule has 0 saturated carbocycles. The van der Waals surface area contributed by atoms with Crippen LogP contribution in [0.1, 0.15) is 11.1 Å². The highest BCUT2D eigenvalue weighted by atomic mass is 32.1. The van der Waals surface area contributed by atoms with Crippen LogP contribution in [-0.2, 0) is 0 Å². The first-order chi connectivity index (χ1) is 15.1. The quantitative estimate of drug-likeness (QED) is 0.213. The van der Waals surface area contributed by atoms with E-state index in [9.17, 15) is 0 Å². The summed E-state index contributed by atoms with van der Waals surface area (Å²) >= 11 is 1.74. The van der Waals surface area contributed by atoms with Gasteiger partial charge < -0.3 is 21.0 Å². The molecule has 1 aliphatic heterocycles. The van der Waals surface area contributed by atoms with Crippen LogP contribution in [0.15, 0.2) is 65.7 Å². The van der Waals surface area contributed by atoms with E-state index in [2.05, 4.69) is 62.7 Å². The Hall–Kier alpha value is -3.84. The second kappa shape index (κ2) is 6.85. The van der Waals surface area contributed by atoms with Gasteiger partial charge in [0.05, 0.1) is 27.7 Å². The highest BCUT2D eigenvalue weighted by Gasteiger charge is 2.13. The molecule has 0 unspecified atom stereocenters. The van der Waals surface area contributed by atoms with Gasteiger partial charge in [-0.1, -0.05) is 24.3 Å². The van der Waals surface area contributed by atoms with Crippen molar-refractivity contribution in [3.05, 3.63) is 71.8 Å². The van der Waals surface area contributed by atoms with Gasteiger partial charge in [0.2, 0.25) is 0 Å². The molecule has 0 fully saturated rings. The van der Waals surface area contributed by atoms with Crippen molar-refractivity contribution >= 4 is 44.8 Å². The smallest absolute Gasteiger partial charge is 0.128 e. The van der Waals surface area contributed by atoms with Crippen molar-refractivity contribution in [3.63, 3.8) is 0 Å². The number of benzene rings is 2. The van der Waals surface area contributed by atoms with Crippen LogP contribution in [0, 0.1) is 5.41 Å². The van der Waals surface area contributed by atoms with E-state index < -0.39 is 0 Å². The monoisotopic (exact) mass is 424 g/mol. The molecule has 2 aromatic carbocycles. The Morgan fingerprint density at radius 1 is 0.871 bits per heavy atom. The van der Waals surface area contributed by atoms with E-state index in [1.807, 2.05) is 18.2 Å². The van der Waals surface area contributed by atoms with Crippen LogP contribution in [0.3, 0.4) is 0 Å². The molecule has 31 heavy (non-hydrogen) atoms. The Morgan fingerprint density at radius 2 is 1.55 bits per heavy atom. The zero-order valence-corrected chi connectivity index (χ0v) is 17.4. The molecule has 6 nitrogen and oxygen atoms in total. The molecule has 6 rings (SSSR count). The highest BCUT2D eigenvalue weighted by Crippen LogP contribution is 2.36. The van der Waals surface area contributed by atoms with Crippen LogP contribution in [0.2, 0.25) is 0 Å². The van der Waals surface area contributed by atoms with Crippen LogP contribution in [0.25, 0.3) is 42.9 Å². The maximum Gasteiger partial charge on any atom is 0.128 e. The number of nitrogens with one attached hydrogen (secondary N) is 4. The first kappa shape index (κ1) is 18.0. The van der Waals surface area contributed by atoms with E-state index in [0.717, 1.165) is 57.9 Å². The molecule has 7 heteroatoms. The fourth-order valence-corrected chi connectivity index (χ4v) is 5.00. The maximum absolute atomic E-state index is 7.64. The van der Waals surface area contributed by atoms with Gasteiger partial charge in [-0.25, -0.2) is 0 Å². The van der Waals surface area contributed by atoms with Gasteiger partial charge in [0.25, 0.3) is 0 Å². The Bertz CT molecular complexity index is 1500.